The van der Waals surface area contributed by atoms with E-state index < -0.39 is 23.7 Å². The number of carbonyl (C=O) groups is 2. The van der Waals surface area contributed by atoms with Gasteiger partial charge in [-0.1, -0.05) is 30.3 Å². The maximum absolute atomic E-state index is 13.1. The number of nitrogens with zero attached hydrogens (tertiary/aromatic N) is 2. The third-order valence-electron chi connectivity index (χ3n) is 4.93. The topological polar surface area (TPSA) is 90.3 Å². The minimum Gasteiger partial charge on any atom is -0.497 e. The van der Waals surface area contributed by atoms with E-state index >= 15 is 0 Å². The number of carboxylic acids is 2. The molecule has 0 aromatic heterocycles. The zero-order valence-corrected chi connectivity index (χ0v) is 17.5. The van der Waals surface area contributed by atoms with Crippen molar-refractivity contribution in [2.75, 3.05) is 33.3 Å². The lowest BCUT2D eigenvalue weighted by Crippen LogP contribution is -2.45. The highest BCUT2D eigenvalue weighted by Gasteiger charge is 2.33. The number of alkyl halides is 3. The molecule has 3 rings (SSSR count). The zero-order valence-electron chi connectivity index (χ0n) is 17.5. The quantitative estimate of drug-likeness (QED) is 0.671. The van der Waals surface area contributed by atoms with Crippen LogP contribution in [0.5, 0.6) is 5.75 Å². The van der Waals surface area contributed by atoms with E-state index in [1.807, 2.05) is 24.3 Å². The molecule has 1 aliphatic rings. The summed E-state index contributed by atoms with van der Waals surface area (Å²) in [6.45, 7) is 4.41. The van der Waals surface area contributed by atoms with Crippen molar-refractivity contribution in [2.24, 2.45) is 0 Å². The van der Waals surface area contributed by atoms with Crippen LogP contribution in [0.2, 0.25) is 0 Å². The first-order chi connectivity index (χ1) is 15.1. The number of carboxylic acid groups (broad SMARTS) is 2. The van der Waals surface area contributed by atoms with E-state index in [1.165, 1.54) is 11.6 Å². The molecule has 1 aliphatic heterocycles. The summed E-state index contributed by atoms with van der Waals surface area (Å²) in [5.41, 5.74) is 1.03. The van der Waals surface area contributed by atoms with E-state index in [0.29, 0.717) is 12.1 Å². The minimum atomic E-state index is -4.30. The molecule has 0 aliphatic carbocycles. The van der Waals surface area contributed by atoms with Crippen molar-refractivity contribution < 1.29 is 37.7 Å². The van der Waals surface area contributed by atoms with Crippen LogP contribution in [-0.2, 0) is 28.9 Å². The van der Waals surface area contributed by atoms with Crippen molar-refractivity contribution in [1.82, 2.24) is 9.80 Å². The Kier molecular flexibility index (Phi) is 9.03. The molecule has 2 aromatic carbocycles. The van der Waals surface area contributed by atoms with Gasteiger partial charge in [-0.15, -0.1) is 0 Å². The normalized spacial score (nSPS) is 14.9. The first-order valence-corrected chi connectivity index (χ1v) is 9.79. The highest BCUT2D eigenvalue weighted by Crippen LogP contribution is 2.32. The molecule has 1 fully saturated rings. The van der Waals surface area contributed by atoms with Gasteiger partial charge in [-0.05, 0) is 29.3 Å². The van der Waals surface area contributed by atoms with Crippen molar-refractivity contribution in [3.05, 3.63) is 65.2 Å². The largest absolute Gasteiger partial charge is 0.497 e. The number of piperazine rings is 1. The van der Waals surface area contributed by atoms with Crippen molar-refractivity contribution in [3.63, 3.8) is 0 Å². The van der Waals surface area contributed by atoms with E-state index in [2.05, 4.69) is 9.80 Å². The lowest BCUT2D eigenvalue weighted by Gasteiger charge is -2.35. The maximum atomic E-state index is 13.1. The molecule has 0 amide bonds. The van der Waals surface area contributed by atoms with Crippen LogP contribution in [0.3, 0.4) is 0 Å². The predicted octanol–water partition coefficient (Wildman–Crippen LogP) is 3.19. The molecule has 0 radical (unpaired) electrons. The van der Waals surface area contributed by atoms with Crippen LogP contribution < -0.4 is 4.74 Å². The summed E-state index contributed by atoms with van der Waals surface area (Å²) in [7, 11) is 1.64. The number of hydrogen-bond donors (Lipinski definition) is 2. The fourth-order valence-electron chi connectivity index (χ4n) is 3.27. The molecular formula is C22H25F3N2O5. The summed E-state index contributed by atoms with van der Waals surface area (Å²) in [6.07, 6.45) is -4.30. The second-order valence-corrected chi connectivity index (χ2v) is 7.17. The summed E-state index contributed by atoms with van der Waals surface area (Å²) >= 11 is 0. The highest BCUT2D eigenvalue weighted by molar-refractivity contribution is 6.27. The van der Waals surface area contributed by atoms with Gasteiger partial charge in [0.25, 0.3) is 0 Å². The number of halogens is 3. The van der Waals surface area contributed by atoms with E-state index in [4.69, 9.17) is 24.5 Å². The molecular weight excluding hydrogens is 429 g/mol. The lowest BCUT2D eigenvalue weighted by molar-refractivity contribution is -0.159. The van der Waals surface area contributed by atoms with Gasteiger partial charge in [0.1, 0.15) is 5.75 Å². The van der Waals surface area contributed by atoms with Crippen molar-refractivity contribution in [3.8, 4) is 5.75 Å². The van der Waals surface area contributed by atoms with E-state index in [1.54, 1.807) is 19.2 Å². The Morgan fingerprint density at radius 2 is 1.38 bits per heavy atom. The molecule has 7 nitrogen and oxygen atoms in total. The molecule has 0 unspecified atom stereocenters. The molecule has 2 aromatic rings. The summed E-state index contributed by atoms with van der Waals surface area (Å²) in [5, 5.41) is 14.8. The first-order valence-electron chi connectivity index (χ1n) is 9.79. The van der Waals surface area contributed by atoms with Gasteiger partial charge in [-0.3, -0.25) is 9.80 Å². The van der Waals surface area contributed by atoms with E-state index in [-0.39, 0.29) is 0 Å². The van der Waals surface area contributed by atoms with Crippen molar-refractivity contribution in [2.45, 2.75) is 19.3 Å². The Labute approximate surface area is 183 Å². The van der Waals surface area contributed by atoms with Gasteiger partial charge >= 0.3 is 18.1 Å². The van der Waals surface area contributed by atoms with Gasteiger partial charge in [-0.2, -0.15) is 13.2 Å². The minimum absolute atomic E-state index is 0.339. The number of hydrogen-bond acceptors (Lipinski definition) is 5. The van der Waals surface area contributed by atoms with Crippen molar-refractivity contribution in [1.29, 1.82) is 0 Å². The summed E-state index contributed by atoms with van der Waals surface area (Å²) in [4.78, 5) is 22.6. The number of benzene rings is 2. The summed E-state index contributed by atoms with van der Waals surface area (Å²) < 4.78 is 44.5. The molecule has 0 spiro atoms. The standard InChI is InChI=1S/C20H23F3N2O.C2H2O4/c1-26-18-8-6-16(7-9-18)14-24-10-12-25(13-11-24)15-17-4-2-3-5-19(17)20(21,22)23;3-1(4)2(5)6/h2-9H,10-15H2,1H3;(H,3,4)(H,5,6). The second-order valence-electron chi connectivity index (χ2n) is 7.17. The number of aliphatic carboxylic acids is 2. The molecule has 0 atom stereocenters. The zero-order chi connectivity index (χ0) is 23.7. The van der Waals surface area contributed by atoms with Crippen LogP contribution in [-0.4, -0.2) is 65.2 Å². The number of rotatable bonds is 5. The Bertz CT molecular complexity index is 883. The van der Waals surface area contributed by atoms with Crippen LogP contribution in [0.4, 0.5) is 13.2 Å². The Morgan fingerprint density at radius 3 is 1.84 bits per heavy atom. The molecule has 1 heterocycles. The average molecular weight is 454 g/mol. The molecule has 10 heteroatoms. The molecule has 0 saturated carbocycles. The third-order valence-corrected chi connectivity index (χ3v) is 4.93. The third kappa shape index (κ3) is 7.86. The Hall–Kier alpha value is -3.11. The van der Waals surface area contributed by atoms with E-state index in [0.717, 1.165) is 44.5 Å². The number of ether oxygens (including phenoxy) is 1. The molecule has 2 N–H and O–H groups in total. The van der Waals surface area contributed by atoms with Crippen LogP contribution >= 0.6 is 0 Å². The molecule has 32 heavy (non-hydrogen) atoms. The van der Waals surface area contributed by atoms with Crippen molar-refractivity contribution >= 4 is 11.9 Å². The monoisotopic (exact) mass is 454 g/mol. The van der Waals surface area contributed by atoms with Gasteiger partial charge in [0, 0.05) is 39.3 Å². The SMILES string of the molecule is COc1ccc(CN2CCN(Cc3ccccc3C(F)(F)F)CC2)cc1.O=C(O)C(=O)O. The Balaban J connectivity index is 0.000000534. The van der Waals surface area contributed by atoms with Gasteiger partial charge in [0.15, 0.2) is 0 Å². The van der Waals surface area contributed by atoms with Gasteiger partial charge in [0.2, 0.25) is 0 Å². The van der Waals surface area contributed by atoms with Crippen LogP contribution in [0.25, 0.3) is 0 Å². The maximum Gasteiger partial charge on any atom is 0.416 e. The van der Waals surface area contributed by atoms with Crippen LogP contribution in [0, 0.1) is 0 Å². The van der Waals surface area contributed by atoms with Gasteiger partial charge in [-0.25, -0.2) is 9.59 Å². The molecule has 1 saturated heterocycles. The van der Waals surface area contributed by atoms with Gasteiger partial charge < -0.3 is 14.9 Å². The Morgan fingerprint density at radius 1 is 0.875 bits per heavy atom. The first kappa shape index (κ1) is 25.2. The molecule has 174 valence electrons. The smallest absolute Gasteiger partial charge is 0.416 e. The fourth-order valence-corrected chi connectivity index (χ4v) is 3.27. The number of methoxy groups -OCH3 is 1. The molecule has 0 bridgehead atoms. The van der Waals surface area contributed by atoms with Crippen LogP contribution in [0.15, 0.2) is 48.5 Å². The summed E-state index contributed by atoms with van der Waals surface area (Å²) in [6, 6.07) is 13.8. The second kappa shape index (κ2) is 11.5. The van der Waals surface area contributed by atoms with Gasteiger partial charge in [0.05, 0.1) is 12.7 Å². The lowest BCUT2D eigenvalue weighted by atomic mass is 10.1. The summed E-state index contributed by atoms with van der Waals surface area (Å²) in [5.74, 6) is -2.81. The predicted molar refractivity (Wildman–Crippen MR) is 110 cm³/mol. The highest BCUT2D eigenvalue weighted by atomic mass is 19.4. The van der Waals surface area contributed by atoms with E-state index in [9.17, 15) is 13.2 Å². The van der Waals surface area contributed by atoms with Crippen LogP contribution in [0.1, 0.15) is 16.7 Å². The average Bonchev–Trinajstić information content (AvgIpc) is 2.76. The fraction of sp³-hybridized carbons (Fsp3) is 0.364.